The zero-order chi connectivity index (χ0) is 22.5. The second-order valence-corrected chi connectivity index (χ2v) is 7.79. The van der Waals surface area contributed by atoms with Crippen molar-refractivity contribution in [2.45, 2.75) is 19.1 Å². The molecule has 0 spiro atoms. The Morgan fingerprint density at radius 3 is 2.31 bits per heavy atom. The summed E-state index contributed by atoms with van der Waals surface area (Å²) >= 11 is 0. The van der Waals surface area contributed by atoms with E-state index in [1.54, 1.807) is 16.6 Å². The van der Waals surface area contributed by atoms with Crippen LogP contribution in [-0.2, 0) is 17.8 Å². The molecule has 7 heteroatoms. The molecule has 7 nitrogen and oxygen atoms in total. The monoisotopic (exact) mass is 434 g/mol. The van der Waals surface area contributed by atoms with E-state index in [-0.39, 0.29) is 30.0 Å². The van der Waals surface area contributed by atoms with Crippen molar-refractivity contribution < 1.29 is 19.4 Å². The second kappa shape index (κ2) is 9.70. The summed E-state index contributed by atoms with van der Waals surface area (Å²) in [7, 11) is 1.58. The molecule has 4 rings (SSSR count). The van der Waals surface area contributed by atoms with Crippen LogP contribution in [0.5, 0.6) is 11.5 Å². The summed E-state index contributed by atoms with van der Waals surface area (Å²) in [5.74, 6) is -0.876. The molecule has 2 aromatic carbocycles. The van der Waals surface area contributed by atoms with E-state index in [4.69, 9.17) is 9.47 Å². The maximum absolute atomic E-state index is 13.4. The first-order valence-electron chi connectivity index (χ1n) is 10.6. The van der Waals surface area contributed by atoms with Gasteiger partial charge in [0.1, 0.15) is 6.61 Å². The van der Waals surface area contributed by atoms with E-state index in [0.29, 0.717) is 26.1 Å². The molecule has 3 aromatic rings. The minimum Gasteiger partial charge on any atom is -0.503 e. The summed E-state index contributed by atoms with van der Waals surface area (Å²) in [6.07, 6.45) is 1.98. The van der Waals surface area contributed by atoms with Crippen LogP contribution in [0.4, 0.5) is 0 Å². The van der Waals surface area contributed by atoms with E-state index >= 15 is 0 Å². The zero-order valence-corrected chi connectivity index (χ0v) is 17.9. The Bertz CT molecular complexity index is 1130. The first kappa shape index (κ1) is 21.6. The van der Waals surface area contributed by atoms with Crippen molar-refractivity contribution in [3.63, 3.8) is 0 Å². The molecular formula is C25H26N2O5. The van der Waals surface area contributed by atoms with Crippen molar-refractivity contribution >= 4 is 5.91 Å². The van der Waals surface area contributed by atoms with E-state index in [0.717, 1.165) is 11.1 Å². The Morgan fingerprint density at radius 2 is 1.66 bits per heavy atom. The number of carbonyl (C=O) groups excluding carboxylic acids is 1. The lowest BCUT2D eigenvalue weighted by atomic mass is 10.0. The molecule has 1 aliphatic heterocycles. The summed E-state index contributed by atoms with van der Waals surface area (Å²) < 4.78 is 12.7. The van der Waals surface area contributed by atoms with Crippen molar-refractivity contribution in [1.82, 2.24) is 9.47 Å². The highest BCUT2D eigenvalue weighted by atomic mass is 16.5. The Labute approximate surface area is 186 Å². The van der Waals surface area contributed by atoms with Gasteiger partial charge in [0.05, 0.1) is 18.8 Å². The average molecular weight is 434 g/mol. The molecule has 2 heterocycles. The maximum atomic E-state index is 13.4. The van der Waals surface area contributed by atoms with Gasteiger partial charge in [-0.3, -0.25) is 9.59 Å². The summed E-state index contributed by atoms with van der Waals surface area (Å²) in [6.45, 7) is 1.33. The molecule has 0 bridgehead atoms. The van der Waals surface area contributed by atoms with E-state index < -0.39 is 11.2 Å². The van der Waals surface area contributed by atoms with Gasteiger partial charge in [0, 0.05) is 20.2 Å². The molecule has 1 N–H and O–H groups in total. The third-order valence-electron chi connectivity index (χ3n) is 5.59. The number of methoxy groups -OCH3 is 1. The molecule has 0 saturated carbocycles. The predicted molar refractivity (Wildman–Crippen MR) is 120 cm³/mol. The van der Waals surface area contributed by atoms with Gasteiger partial charge in [0.2, 0.25) is 5.75 Å². The zero-order valence-electron chi connectivity index (χ0n) is 17.9. The van der Waals surface area contributed by atoms with Crippen LogP contribution in [0.3, 0.4) is 0 Å². The summed E-state index contributed by atoms with van der Waals surface area (Å²) in [5, 5.41) is 10.4. The third kappa shape index (κ3) is 4.53. The maximum Gasteiger partial charge on any atom is 0.274 e. The highest BCUT2D eigenvalue weighted by molar-refractivity contribution is 5.96. The van der Waals surface area contributed by atoms with Crippen LogP contribution in [0.15, 0.2) is 71.7 Å². The van der Waals surface area contributed by atoms with E-state index in [9.17, 15) is 14.7 Å². The van der Waals surface area contributed by atoms with E-state index in [1.807, 2.05) is 60.7 Å². The van der Waals surface area contributed by atoms with Gasteiger partial charge in [-0.2, -0.15) is 0 Å². The second-order valence-electron chi connectivity index (χ2n) is 7.79. The first-order chi connectivity index (χ1) is 15.6. The lowest BCUT2D eigenvalue weighted by Gasteiger charge is -2.36. The van der Waals surface area contributed by atoms with Crippen LogP contribution in [0.1, 0.15) is 27.7 Å². The number of carbonyl (C=O) groups is 1. The molecule has 1 aliphatic rings. The van der Waals surface area contributed by atoms with Gasteiger partial charge in [0.25, 0.3) is 11.3 Å². The Balaban J connectivity index is 1.75. The highest BCUT2D eigenvalue weighted by Crippen LogP contribution is 2.31. The smallest absolute Gasteiger partial charge is 0.274 e. The summed E-state index contributed by atoms with van der Waals surface area (Å²) in [5.41, 5.74) is 1.42. The quantitative estimate of drug-likeness (QED) is 0.590. The SMILES string of the molecule is COCCN1C[C@H](Cc2ccccc2)n2cc(O)c(=O)c(OCc3ccccc3)c2C1=O. The van der Waals surface area contributed by atoms with Crippen molar-refractivity contribution in [3.8, 4) is 11.5 Å². The van der Waals surface area contributed by atoms with Gasteiger partial charge < -0.3 is 24.0 Å². The Morgan fingerprint density at radius 1 is 1.00 bits per heavy atom. The van der Waals surface area contributed by atoms with Gasteiger partial charge in [-0.1, -0.05) is 60.7 Å². The number of hydrogen-bond acceptors (Lipinski definition) is 5. The molecule has 0 aliphatic carbocycles. The largest absolute Gasteiger partial charge is 0.503 e. The number of nitrogens with zero attached hydrogens (tertiary/aromatic N) is 2. The van der Waals surface area contributed by atoms with Crippen LogP contribution in [0.2, 0.25) is 0 Å². The molecule has 0 fully saturated rings. The topological polar surface area (TPSA) is 81.0 Å². The fourth-order valence-corrected chi connectivity index (χ4v) is 3.97. The summed E-state index contributed by atoms with van der Waals surface area (Å²) in [4.78, 5) is 27.9. The number of rotatable bonds is 8. The normalized spacial score (nSPS) is 15.5. The van der Waals surface area contributed by atoms with Crippen LogP contribution in [0.25, 0.3) is 0 Å². The first-order valence-corrected chi connectivity index (χ1v) is 10.6. The van der Waals surface area contributed by atoms with Gasteiger partial charge >= 0.3 is 0 Å². The van der Waals surface area contributed by atoms with E-state index in [2.05, 4.69) is 0 Å². The van der Waals surface area contributed by atoms with Gasteiger partial charge in [-0.15, -0.1) is 0 Å². The Kier molecular flexibility index (Phi) is 6.56. The van der Waals surface area contributed by atoms with Crippen LogP contribution in [0, 0.1) is 0 Å². The number of amides is 1. The minimum absolute atomic E-state index is 0.112. The number of aromatic hydroxyl groups is 1. The highest BCUT2D eigenvalue weighted by Gasteiger charge is 2.35. The Hall–Kier alpha value is -3.58. The lowest BCUT2D eigenvalue weighted by molar-refractivity contribution is 0.0588. The number of ether oxygens (including phenoxy) is 2. The average Bonchev–Trinajstić information content (AvgIpc) is 2.82. The molecule has 0 radical (unpaired) electrons. The molecule has 1 atom stereocenters. The van der Waals surface area contributed by atoms with E-state index in [1.165, 1.54) is 6.20 Å². The number of hydrogen-bond donors (Lipinski definition) is 1. The van der Waals surface area contributed by atoms with Crippen LogP contribution < -0.4 is 10.2 Å². The van der Waals surface area contributed by atoms with Crippen molar-refractivity contribution in [3.05, 3.63) is 93.9 Å². The fourth-order valence-electron chi connectivity index (χ4n) is 3.97. The lowest BCUT2D eigenvalue weighted by Crippen LogP contribution is -2.46. The molecule has 0 unspecified atom stereocenters. The van der Waals surface area contributed by atoms with Crippen LogP contribution >= 0.6 is 0 Å². The third-order valence-corrected chi connectivity index (χ3v) is 5.59. The molecule has 1 amide bonds. The van der Waals surface area contributed by atoms with Gasteiger partial charge in [-0.05, 0) is 17.5 Å². The fraction of sp³-hybridized carbons (Fsp3) is 0.280. The number of fused-ring (bicyclic) bond motifs is 1. The number of aromatic nitrogens is 1. The van der Waals surface area contributed by atoms with Crippen molar-refractivity contribution in [2.75, 3.05) is 26.8 Å². The van der Waals surface area contributed by atoms with Crippen LogP contribution in [-0.4, -0.2) is 47.3 Å². The predicted octanol–water partition coefficient (Wildman–Crippen LogP) is 3.02. The molecule has 32 heavy (non-hydrogen) atoms. The van der Waals surface area contributed by atoms with Gasteiger partial charge in [0.15, 0.2) is 11.4 Å². The van der Waals surface area contributed by atoms with Crippen molar-refractivity contribution in [2.24, 2.45) is 0 Å². The molecule has 0 saturated heterocycles. The molecular weight excluding hydrogens is 408 g/mol. The molecule has 166 valence electrons. The minimum atomic E-state index is -0.687. The number of benzene rings is 2. The van der Waals surface area contributed by atoms with Gasteiger partial charge in [-0.25, -0.2) is 0 Å². The number of pyridine rings is 1. The molecule has 1 aromatic heterocycles. The standard InChI is InChI=1S/C25H26N2O5/c1-31-13-12-26-15-20(14-18-8-4-2-5-9-18)27-16-21(28)23(29)24(22(27)25(26)30)32-17-19-10-6-3-7-11-19/h2-11,16,20,28H,12-15,17H2,1H3/t20-/m0/s1. The summed E-state index contributed by atoms with van der Waals surface area (Å²) in [6, 6.07) is 19.1. The van der Waals surface area contributed by atoms with Crippen molar-refractivity contribution in [1.29, 1.82) is 0 Å².